The summed E-state index contributed by atoms with van der Waals surface area (Å²) in [5, 5.41) is 17.3. The highest BCUT2D eigenvalue weighted by Crippen LogP contribution is 2.40. The number of aliphatic hydroxyl groups excluding tert-OH is 1. The number of unbranched alkanes of at least 4 members (excludes halogenated alkanes) is 1. The molecule has 1 saturated heterocycles. The fourth-order valence-electron chi connectivity index (χ4n) is 5.22. The van der Waals surface area contributed by atoms with Crippen molar-refractivity contribution < 1.29 is 23.8 Å². The van der Waals surface area contributed by atoms with Crippen LogP contribution < -0.4 is 20.1 Å². The van der Waals surface area contributed by atoms with Gasteiger partial charge in [-0.15, -0.1) is 0 Å². The van der Waals surface area contributed by atoms with Gasteiger partial charge in [0.05, 0.1) is 37.9 Å². The van der Waals surface area contributed by atoms with Crippen LogP contribution in [0.3, 0.4) is 0 Å². The number of nitrogens with two attached hydrogens (primary N) is 1. The highest BCUT2D eigenvalue weighted by molar-refractivity contribution is 5.96. The largest absolute Gasteiger partial charge is 0.493 e. The topological polar surface area (TPSA) is 143 Å². The number of primary amides is 1. The Bertz CT molecular complexity index is 1500. The normalized spacial score (nSPS) is 15.3. The van der Waals surface area contributed by atoms with E-state index in [1.54, 1.807) is 42.3 Å². The van der Waals surface area contributed by atoms with Crippen molar-refractivity contribution in [3.63, 3.8) is 0 Å². The highest BCUT2D eigenvalue weighted by Gasteiger charge is 2.24. The number of likely N-dealkylation sites (tertiary alicyclic amines) is 1. The number of halogens is 1. The molecule has 4 aromatic rings. The van der Waals surface area contributed by atoms with Crippen LogP contribution in [0.1, 0.15) is 31.4 Å². The molecule has 1 aliphatic heterocycles. The first-order valence-corrected chi connectivity index (χ1v) is 13.7. The summed E-state index contributed by atoms with van der Waals surface area (Å²) in [6, 6.07) is 11.6. The lowest BCUT2D eigenvalue weighted by Gasteiger charge is -2.23. The third-order valence-electron chi connectivity index (χ3n) is 7.20. The Labute approximate surface area is 237 Å². The van der Waals surface area contributed by atoms with Crippen LogP contribution in [-0.2, 0) is 11.2 Å². The number of aromatic amines is 1. The van der Waals surface area contributed by atoms with Crippen molar-refractivity contribution in [2.45, 2.75) is 38.1 Å². The Kier molecular flexibility index (Phi) is 8.90. The molecule has 2 aromatic heterocycles. The number of hydrogen-bond donors (Lipinski definition) is 3. The van der Waals surface area contributed by atoms with E-state index < -0.39 is 11.7 Å². The first kappa shape index (κ1) is 28.2. The van der Waals surface area contributed by atoms with Gasteiger partial charge in [0.2, 0.25) is 5.91 Å². The van der Waals surface area contributed by atoms with Crippen LogP contribution in [0.5, 0.6) is 11.5 Å². The van der Waals surface area contributed by atoms with Gasteiger partial charge in [-0.3, -0.25) is 19.7 Å². The zero-order valence-electron chi connectivity index (χ0n) is 22.9. The van der Waals surface area contributed by atoms with Gasteiger partial charge in [-0.2, -0.15) is 5.10 Å². The van der Waals surface area contributed by atoms with Gasteiger partial charge in [-0.05, 0) is 63.0 Å². The van der Waals surface area contributed by atoms with E-state index in [-0.39, 0.29) is 19.1 Å². The minimum atomic E-state index is -0.507. The first-order chi connectivity index (χ1) is 20.0. The van der Waals surface area contributed by atoms with Crippen molar-refractivity contribution >= 4 is 34.1 Å². The maximum absolute atomic E-state index is 14.3. The number of methoxy groups -OCH3 is 1. The number of aromatic nitrogens is 4. The molecular weight excluding hydrogens is 529 g/mol. The number of carbonyl (C=O) groups excluding carboxylic acids is 1. The van der Waals surface area contributed by atoms with E-state index in [0.717, 1.165) is 38.8 Å². The minimum Gasteiger partial charge on any atom is -0.493 e. The number of nitrogens with zero attached hydrogens (tertiary/aromatic N) is 5. The smallest absolute Gasteiger partial charge is 0.223 e. The summed E-state index contributed by atoms with van der Waals surface area (Å²) in [5.41, 5.74) is 6.94. The van der Waals surface area contributed by atoms with Crippen molar-refractivity contribution in [3.05, 3.63) is 60.3 Å². The van der Waals surface area contributed by atoms with E-state index >= 15 is 0 Å². The summed E-state index contributed by atoms with van der Waals surface area (Å²) < 4.78 is 26.1. The average molecular weight is 564 g/mol. The van der Waals surface area contributed by atoms with Gasteiger partial charge in [0, 0.05) is 29.3 Å². The van der Waals surface area contributed by atoms with Gasteiger partial charge in [0.15, 0.2) is 17.3 Å². The molecule has 0 aliphatic carbocycles. The molecule has 12 heteroatoms. The molecule has 0 saturated carbocycles. The molecule has 1 aliphatic rings. The molecular formula is C29H34FN7O4. The zero-order valence-corrected chi connectivity index (χ0v) is 22.9. The number of ether oxygens (including phenoxy) is 2. The van der Waals surface area contributed by atoms with Gasteiger partial charge in [-0.1, -0.05) is 6.07 Å². The van der Waals surface area contributed by atoms with Gasteiger partial charge in [0.1, 0.15) is 18.0 Å². The van der Waals surface area contributed by atoms with E-state index in [1.807, 2.05) is 0 Å². The van der Waals surface area contributed by atoms with E-state index in [2.05, 4.69) is 25.1 Å². The second-order valence-corrected chi connectivity index (χ2v) is 10.00. The summed E-state index contributed by atoms with van der Waals surface area (Å²) in [4.78, 5) is 24.5. The summed E-state index contributed by atoms with van der Waals surface area (Å²) in [5.74, 6) is 0.958. The standard InChI is InChI=1S/C29H34FN7O4/c1-40-25-15-23-24(16-26(25)41-11-3-2-9-36-10-5-8-22(36)17-38)32-18-33-29(23)37(21-7-4-6-19(30)12-21)28-14-20(34-35-28)13-27(31)39/h4,6-7,12,14-16,18,22,38H,2-3,5,8-11,13,17H2,1H3,(H2,31,39)(H,34,35)/t22-/m1/s1. The van der Waals surface area contributed by atoms with Gasteiger partial charge >= 0.3 is 0 Å². The molecule has 0 radical (unpaired) electrons. The summed E-state index contributed by atoms with van der Waals surface area (Å²) >= 11 is 0. The van der Waals surface area contributed by atoms with Crippen molar-refractivity contribution in [2.75, 3.05) is 38.3 Å². The number of rotatable bonds is 13. The monoisotopic (exact) mass is 563 g/mol. The van der Waals surface area contributed by atoms with Gasteiger partial charge in [-0.25, -0.2) is 14.4 Å². The van der Waals surface area contributed by atoms with Crippen molar-refractivity contribution in [2.24, 2.45) is 5.73 Å². The SMILES string of the molecule is COc1cc2c(N(c3cccc(F)c3)c3cc(CC(N)=O)[nH]n3)ncnc2cc1OCCCCN1CCC[C@@H]1CO. The number of nitrogens with one attached hydrogen (secondary N) is 1. The third-order valence-corrected chi connectivity index (χ3v) is 7.20. The maximum atomic E-state index is 14.3. The first-order valence-electron chi connectivity index (χ1n) is 13.7. The predicted molar refractivity (Wildman–Crippen MR) is 152 cm³/mol. The van der Waals surface area contributed by atoms with Gasteiger partial charge in [0.25, 0.3) is 0 Å². The number of amides is 1. The highest BCUT2D eigenvalue weighted by atomic mass is 19.1. The molecule has 216 valence electrons. The predicted octanol–water partition coefficient (Wildman–Crippen LogP) is 3.61. The Morgan fingerprint density at radius 2 is 2.10 bits per heavy atom. The number of carbonyl (C=O) groups is 1. The van der Waals surface area contributed by atoms with Crippen LogP contribution in [0.15, 0.2) is 48.8 Å². The summed E-state index contributed by atoms with van der Waals surface area (Å²) in [7, 11) is 1.56. The molecule has 41 heavy (non-hydrogen) atoms. The molecule has 1 fully saturated rings. The third kappa shape index (κ3) is 6.55. The lowest BCUT2D eigenvalue weighted by Crippen LogP contribution is -2.33. The Morgan fingerprint density at radius 3 is 2.88 bits per heavy atom. The lowest BCUT2D eigenvalue weighted by atomic mass is 10.1. The molecule has 3 heterocycles. The van der Waals surface area contributed by atoms with Crippen LogP contribution in [0.25, 0.3) is 10.9 Å². The van der Waals surface area contributed by atoms with Crippen molar-refractivity contribution in [3.8, 4) is 11.5 Å². The maximum Gasteiger partial charge on any atom is 0.223 e. The molecule has 0 bridgehead atoms. The number of benzene rings is 2. The number of hydrogen-bond acceptors (Lipinski definition) is 9. The molecule has 0 spiro atoms. The fourth-order valence-corrected chi connectivity index (χ4v) is 5.22. The van der Waals surface area contributed by atoms with Crippen LogP contribution in [0.2, 0.25) is 0 Å². The number of fused-ring (bicyclic) bond motifs is 1. The summed E-state index contributed by atoms with van der Waals surface area (Å²) in [6.07, 6.45) is 5.39. The molecule has 11 nitrogen and oxygen atoms in total. The zero-order chi connectivity index (χ0) is 28.8. The number of anilines is 3. The molecule has 1 atom stereocenters. The van der Waals surface area contributed by atoms with E-state index in [0.29, 0.717) is 52.0 Å². The second-order valence-electron chi connectivity index (χ2n) is 10.00. The van der Waals surface area contributed by atoms with Crippen LogP contribution in [-0.4, -0.2) is 75.5 Å². The van der Waals surface area contributed by atoms with Crippen LogP contribution in [0, 0.1) is 5.82 Å². The molecule has 0 unspecified atom stereocenters. The minimum absolute atomic E-state index is 0.0247. The van der Waals surface area contributed by atoms with Crippen molar-refractivity contribution in [1.29, 1.82) is 0 Å². The lowest BCUT2D eigenvalue weighted by molar-refractivity contribution is -0.117. The molecule has 5 rings (SSSR count). The Hall–Kier alpha value is -4.29. The Morgan fingerprint density at radius 1 is 1.22 bits per heavy atom. The van der Waals surface area contributed by atoms with E-state index in [1.165, 1.54) is 18.5 Å². The van der Waals surface area contributed by atoms with Crippen molar-refractivity contribution in [1.82, 2.24) is 25.1 Å². The molecule has 2 aromatic carbocycles. The van der Waals surface area contributed by atoms with Gasteiger partial charge < -0.3 is 20.3 Å². The van der Waals surface area contributed by atoms with E-state index in [4.69, 9.17) is 15.2 Å². The Balaban J connectivity index is 1.41. The number of aliphatic hydroxyl groups is 1. The number of H-pyrrole nitrogens is 1. The quantitative estimate of drug-likeness (QED) is 0.208. The molecule has 4 N–H and O–H groups in total. The van der Waals surface area contributed by atoms with E-state index in [9.17, 15) is 14.3 Å². The average Bonchev–Trinajstić information content (AvgIpc) is 3.61. The second kappa shape index (κ2) is 12.9. The van der Waals surface area contributed by atoms with Crippen LogP contribution >= 0.6 is 0 Å². The van der Waals surface area contributed by atoms with Crippen LogP contribution in [0.4, 0.5) is 21.7 Å². The summed E-state index contributed by atoms with van der Waals surface area (Å²) in [6.45, 7) is 2.68. The fraction of sp³-hybridized carbons (Fsp3) is 0.379. The molecule has 1 amide bonds.